The van der Waals surface area contributed by atoms with Crippen LogP contribution < -0.4 is 11.2 Å². The minimum absolute atomic E-state index is 0.139. The van der Waals surface area contributed by atoms with E-state index in [9.17, 15) is 9.59 Å². The largest absolute Gasteiger partial charge is 0.348 e. The Hall–Kier alpha value is -2.24. The lowest BCUT2D eigenvalue weighted by atomic mass is 9.97. The van der Waals surface area contributed by atoms with Crippen LogP contribution >= 0.6 is 0 Å². The van der Waals surface area contributed by atoms with Crippen LogP contribution in [0.2, 0.25) is 0 Å². The Balaban J connectivity index is 1.92. The Bertz CT molecular complexity index is 817. The van der Waals surface area contributed by atoms with Crippen molar-refractivity contribution in [3.8, 4) is 0 Å². The summed E-state index contributed by atoms with van der Waals surface area (Å²) in [7, 11) is 1.57. The van der Waals surface area contributed by atoms with E-state index >= 15 is 0 Å². The molecule has 3 rings (SSSR count). The van der Waals surface area contributed by atoms with Gasteiger partial charge in [-0.2, -0.15) is 0 Å². The number of aromatic nitrogens is 4. The van der Waals surface area contributed by atoms with Crippen molar-refractivity contribution >= 4 is 11.0 Å². The fourth-order valence-corrected chi connectivity index (χ4v) is 2.73. The average molecular weight is 286 g/mol. The van der Waals surface area contributed by atoms with E-state index in [1.54, 1.807) is 11.6 Å². The average Bonchev–Trinajstić information content (AvgIpc) is 2.51. The molecule has 1 aliphatic carbocycles. The molecule has 6 heteroatoms. The van der Waals surface area contributed by atoms with Gasteiger partial charge >= 0.3 is 5.69 Å². The lowest BCUT2D eigenvalue weighted by Gasteiger charge is -2.13. The molecule has 0 bridgehead atoms. The molecule has 1 aliphatic rings. The highest BCUT2D eigenvalue weighted by atomic mass is 16.1. The molecule has 0 atom stereocenters. The molecule has 0 fully saturated rings. The summed E-state index contributed by atoms with van der Waals surface area (Å²) in [5.41, 5.74) is 1.26. The Kier molecular flexibility index (Phi) is 3.68. The maximum Gasteiger partial charge on any atom is 0.348 e. The number of aryl methyl sites for hydroxylation is 2. The van der Waals surface area contributed by atoms with Crippen molar-refractivity contribution in [3.05, 3.63) is 45.0 Å². The fourth-order valence-electron chi connectivity index (χ4n) is 2.73. The van der Waals surface area contributed by atoms with Crippen molar-refractivity contribution in [2.45, 2.75) is 38.6 Å². The van der Waals surface area contributed by atoms with Gasteiger partial charge in [0.2, 0.25) is 0 Å². The molecule has 0 unspecified atom stereocenters. The van der Waals surface area contributed by atoms with E-state index in [0.29, 0.717) is 17.6 Å². The summed E-state index contributed by atoms with van der Waals surface area (Å²) < 4.78 is 2.90. The van der Waals surface area contributed by atoms with E-state index in [-0.39, 0.29) is 5.56 Å². The molecule has 0 aromatic carbocycles. The van der Waals surface area contributed by atoms with E-state index < -0.39 is 5.69 Å². The molecule has 2 aromatic rings. The zero-order valence-corrected chi connectivity index (χ0v) is 12.1. The second-order valence-electron chi connectivity index (χ2n) is 5.44. The van der Waals surface area contributed by atoms with Crippen LogP contribution in [-0.2, 0) is 13.6 Å². The number of hydrogen-bond donors (Lipinski definition) is 0. The molecule has 0 amide bonds. The maximum atomic E-state index is 12.4. The first-order valence-corrected chi connectivity index (χ1v) is 7.26. The molecule has 21 heavy (non-hydrogen) atoms. The van der Waals surface area contributed by atoms with Gasteiger partial charge in [-0.25, -0.2) is 14.8 Å². The number of allylic oxidation sites excluding steroid dienone is 2. The molecule has 0 N–H and O–H groups in total. The molecule has 2 aromatic heterocycles. The van der Waals surface area contributed by atoms with Gasteiger partial charge in [-0.1, -0.05) is 11.6 Å². The molecule has 110 valence electrons. The highest BCUT2D eigenvalue weighted by Gasteiger charge is 2.09. The van der Waals surface area contributed by atoms with Gasteiger partial charge in [0.15, 0.2) is 5.65 Å². The van der Waals surface area contributed by atoms with Crippen LogP contribution in [0.5, 0.6) is 0 Å². The van der Waals surface area contributed by atoms with Crippen molar-refractivity contribution in [2.75, 3.05) is 0 Å². The fraction of sp³-hybridized carbons (Fsp3) is 0.467. The maximum absolute atomic E-state index is 12.4. The standard InChI is InChI=1S/C15H18N4O2/c1-18-13-12(9-16-15(18)21)14(20)19(10-17-13)8-7-11-5-3-2-4-6-11/h5,9-10H,2-4,6-8H2,1H3. The van der Waals surface area contributed by atoms with E-state index in [4.69, 9.17) is 0 Å². The molecule has 0 aliphatic heterocycles. The Morgan fingerprint density at radius 3 is 2.86 bits per heavy atom. The van der Waals surface area contributed by atoms with Gasteiger partial charge in [-0.3, -0.25) is 13.9 Å². The first kappa shape index (κ1) is 13.7. The topological polar surface area (TPSA) is 69.8 Å². The Labute approximate surface area is 121 Å². The third-order valence-electron chi connectivity index (χ3n) is 4.02. The monoisotopic (exact) mass is 286 g/mol. The van der Waals surface area contributed by atoms with Crippen molar-refractivity contribution in [1.29, 1.82) is 0 Å². The molecular formula is C15H18N4O2. The number of rotatable bonds is 3. The van der Waals surface area contributed by atoms with Crippen molar-refractivity contribution in [1.82, 2.24) is 19.1 Å². The third-order valence-corrected chi connectivity index (χ3v) is 4.02. The van der Waals surface area contributed by atoms with E-state index in [1.165, 1.54) is 35.5 Å². The molecular weight excluding hydrogens is 268 g/mol. The molecule has 0 radical (unpaired) electrons. The van der Waals surface area contributed by atoms with E-state index in [0.717, 1.165) is 19.3 Å². The molecule has 2 heterocycles. The summed E-state index contributed by atoms with van der Waals surface area (Å²) in [5.74, 6) is 0. The highest BCUT2D eigenvalue weighted by Crippen LogP contribution is 2.20. The van der Waals surface area contributed by atoms with Crippen LogP contribution in [-0.4, -0.2) is 19.1 Å². The van der Waals surface area contributed by atoms with Crippen LogP contribution in [0.4, 0.5) is 0 Å². The normalized spacial score (nSPS) is 15.2. The van der Waals surface area contributed by atoms with Crippen LogP contribution in [0.15, 0.2) is 33.8 Å². The second-order valence-corrected chi connectivity index (χ2v) is 5.44. The smallest absolute Gasteiger partial charge is 0.298 e. The van der Waals surface area contributed by atoms with E-state index in [1.807, 2.05) is 0 Å². The van der Waals surface area contributed by atoms with Gasteiger partial charge in [0.05, 0.1) is 6.33 Å². The highest BCUT2D eigenvalue weighted by molar-refractivity contribution is 5.72. The Morgan fingerprint density at radius 1 is 1.24 bits per heavy atom. The molecule has 6 nitrogen and oxygen atoms in total. The van der Waals surface area contributed by atoms with Gasteiger partial charge in [0, 0.05) is 19.8 Å². The summed E-state index contributed by atoms with van der Waals surface area (Å²) in [6.07, 6.45) is 10.8. The first-order valence-electron chi connectivity index (χ1n) is 7.26. The summed E-state index contributed by atoms with van der Waals surface area (Å²) in [4.78, 5) is 31.8. The number of nitrogens with zero attached hydrogens (tertiary/aromatic N) is 4. The van der Waals surface area contributed by atoms with Crippen molar-refractivity contribution in [2.24, 2.45) is 7.05 Å². The van der Waals surface area contributed by atoms with Gasteiger partial charge in [0.1, 0.15) is 5.39 Å². The molecule has 0 saturated heterocycles. The van der Waals surface area contributed by atoms with Gasteiger partial charge in [0.25, 0.3) is 5.56 Å². The predicted molar refractivity (Wildman–Crippen MR) is 80.2 cm³/mol. The SMILES string of the molecule is Cn1c(=O)ncc2c(=O)n(CCC3=CCCCC3)cnc21. The Morgan fingerprint density at radius 2 is 2.10 bits per heavy atom. The lowest BCUT2D eigenvalue weighted by Crippen LogP contribution is -2.27. The molecule has 0 saturated carbocycles. The van der Waals surface area contributed by atoms with Crippen LogP contribution in [0.1, 0.15) is 32.1 Å². The summed E-state index contributed by atoms with van der Waals surface area (Å²) in [6.45, 7) is 0.621. The first-order chi connectivity index (χ1) is 10.2. The van der Waals surface area contributed by atoms with E-state index in [2.05, 4.69) is 16.0 Å². The minimum Gasteiger partial charge on any atom is -0.298 e. The van der Waals surface area contributed by atoms with Crippen molar-refractivity contribution in [3.63, 3.8) is 0 Å². The van der Waals surface area contributed by atoms with Crippen LogP contribution in [0.25, 0.3) is 11.0 Å². The third kappa shape index (κ3) is 2.66. The summed E-state index contributed by atoms with van der Waals surface area (Å²) >= 11 is 0. The van der Waals surface area contributed by atoms with Gasteiger partial charge in [-0.15, -0.1) is 0 Å². The quantitative estimate of drug-likeness (QED) is 0.799. The zero-order chi connectivity index (χ0) is 14.8. The number of hydrogen-bond acceptors (Lipinski definition) is 4. The van der Waals surface area contributed by atoms with Gasteiger partial charge in [-0.05, 0) is 32.1 Å². The van der Waals surface area contributed by atoms with Crippen molar-refractivity contribution < 1.29 is 0 Å². The predicted octanol–water partition coefficient (Wildman–Crippen LogP) is 1.38. The van der Waals surface area contributed by atoms with Crippen LogP contribution in [0.3, 0.4) is 0 Å². The summed E-state index contributed by atoms with van der Waals surface area (Å²) in [6, 6.07) is 0. The summed E-state index contributed by atoms with van der Waals surface area (Å²) in [5, 5.41) is 0.386. The van der Waals surface area contributed by atoms with Crippen LogP contribution in [0, 0.1) is 0 Å². The molecule has 0 spiro atoms. The lowest BCUT2D eigenvalue weighted by molar-refractivity contribution is 0.609. The minimum atomic E-state index is -0.403. The van der Waals surface area contributed by atoms with Gasteiger partial charge < -0.3 is 0 Å². The number of fused-ring (bicyclic) bond motifs is 1. The zero-order valence-electron chi connectivity index (χ0n) is 12.1. The second kappa shape index (κ2) is 5.63.